The second-order valence-electron chi connectivity index (χ2n) is 5.15. The van der Waals surface area contributed by atoms with E-state index in [0.717, 1.165) is 12.3 Å². The summed E-state index contributed by atoms with van der Waals surface area (Å²) < 4.78 is 0. The van der Waals surface area contributed by atoms with E-state index in [1.807, 2.05) is 0 Å². The second kappa shape index (κ2) is 11.5. The van der Waals surface area contributed by atoms with Gasteiger partial charge in [-0.3, -0.25) is 4.79 Å². The minimum absolute atomic E-state index is 0.0358. The molecule has 1 nitrogen and oxygen atoms in total. The van der Waals surface area contributed by atoms with Crippen molar-refractivity contribution in [2.75, 3.05) is 0 Å². The van der Waals surface area contributed by atoms with E-state index in [2.05, 4.69) is 26.5 Å². The van der Waals surface area contributed by atoms with Gasteiger partial charge in [0, 0.05) is 6.42 Å². The molecule has 2 heteroatoms. The Labute approximate surface area is 107 Å². The van der Waals surface area contributed by atoms with Gasteiger partial charge in [0.05, 0.1) is 0 Å². The highest BCUT2D eigenvalue weighted by Gasteiger charge is 1.96. The maximum absolute atomic E-state index is 10.6. The van der Waals surface area contributed by atoms with Crippen molar-refractivity contribution in [3.05, 3.63) is 0 Å². The van der Waals surface area contributed by atoms with Crippen LogP contribution in [0.15, 0.2) is 0 Å². The average Bonchev–Trinajstić information content (AvgIpc) is 2.20. The molecule has 0 amide bonds. The zero-order valence-electron chi connectivity index (χ0n) is 11.0. The molecule has 0 aliphatic carbocycles. The van der Waals surface area contributed by atoms with Crippen LogP contribution in [0.4, 0.5) is 0 Å². The lowest BCUT2D eigenvalue weighted by Crippen LogP contribution is -1.88. The van der Waals surface area contributed by atoms with Gasteiger partial charge in [0.15, 0.2) is 5.12 Å². The van der Waals surface area contributed by atoms with Crippen molar-refractivity contribution in [2.24, 2.45) is 5.92 Å². The molecule has 96 valence electrons. The molecule has 0 unspecified atom stereocenters. The van der Waals surface area contributed by atoms with Gasteiger partial charge in [-0.2, -0.15) is 0 Å². The first-order valence-electron chi connectivity index (χ1n) is 6.84. The Balaban J connectivity index is 2.96. The molecule has 0 radical (unpaired) electrons. The number of thiol groups is 1. The molecule has 0 saturated heterocycles. The van der Waals surface area contributed by atoms with Crippen molar-refractivity contribution < 1.29 is 4.79 Å². The Morgan fingerprint density at radius 2 is 1.31 bits per heavy atom. The molecule has 0 aromatic heterocycles. The fraction of sp³-hybridized carbons (Fsp3) is 0.929. The molecule has 0 aliphatic heterocycles. The molecule has 0 bridgehead atoms. The lowest BCUT2D eigenvalue weighted by Gasteiger charge is -2.04. The Hall–Kier alpha value is 0.0200. The van der Waals surface area contributed by atoms with Crippen LogP contribution in [0.3, 0.4) is 0 Å². The summed E-state index contributed by atoms with van der Waals surface area (Å²) in [6.45, 7) is 4.59. The van der Waals surface area contributed by atoms with Crippen LogP contribution in [0, 0.1) is 5.92 Å². The number of carbonyl (C=O) groups excluding carboxylic acids is 1. The average molecular weight is 244 g/mol. The van der Waals surface area contributed by atoms with Gasteiger partial charge in [0.25, 0.3) is 0 Å². The summed E-state index contributed by atoms with van der Waals surface area (Å²) in [5, 5.41) is 0.0358. The monoisotopic (exact) mass is 244 g/mol. The first kappa shape index (κ1) is 16.0. The van der Waals surface area contributed by atoms with E-state index < -0.39 is 0 Å². The number of carbonyl (C=O) groups is 1. The Kier molecular flexibility index (Phi) is 11.5. The van der Waals surface area contributed by atoms with E-state index in [4.69, 9.17) is 0 Å². The molecular formula is C14H28OS. The first-order valence-corrected chi connectivity index (χ1v) is 7.29. The molecule has 0 fully saturated rings. The Bertz CT molecular complexity index is 166. The molecule has 0 atom stereocenters. The number of unbranched alkanes of at least 4 members (excludes halogenated alkanes) is 7. The topological polar surface area (TPSA) is 17.1 Å². The molecule has 0 aliphatic rings. The van der Waals surface area contributed by atoms with E-state index in [-0.39, 0.29) is 5.12 Å². The highest BCUT2D eigenvalue weighted by atomic mass is 32.1. The van der Waals surface area contributed by atoms with Gasteiger partial charge in [0.2, 0.25) is 0 Å². The van der Waals surface area contributed by atoms with Crippen LogP contribution in [-0.4, -0.2) is 5.12 Å². The Morgan fingerprint density at radius 1 is 0.875 bits per heavy atom. The molecule has 16 heavy (non-hydrogen) atoms. The van der Waals surface area contributed by atoms with Crippen LogP contribution in [0.25, 0.3) is 0 Å². The summed E-state index contributed by atoms with van der Waals surface area (Å²) in [7, 11) is 0. The molecule has 0 spiro atoms. The standard InChI is InChI=1S/C14H28OS/c1-13(2)11-9-7-5-3-4-6-8-10-12-14(15)16/h13H,3-12H2,1-2H3,(H,15,16). The third-order valence-corrected chi connectivity index (χ3v) is 3.15. The van der Waals surface area contributed by atoms with Gasteiger partial charge >= 0.3 is 0 Å². The molecule has 0 aromatic rings. The zero-order chi connectivity index (χ0) is 12.2. The van der Waals surface area contributed by atoms with Crippen molar-refractivity contribution in [3.8, 4) is 0 Å². The SMILES string of the molecule is CC(C)CCCCCCCCCCC(=O)S. The number of rotatable bonds is 11. The predicted molar refractivity (Wildman–Crippen MR) is 75.0 cm³/mol. The van der Waals surface area contributed by atoms with Crippen molar-refractivity contribution in [1.29, 1.82) is 0 Å². The van der Waals surface area contributed by atoms with Crippen molar-refractivity contribution in [1.82, 2.24) is 0 Å². The van der Waals surface area contributed by atoms with Gasteiger partial charge in [-0.15, -0.1) is 12.6 Å². The number of hydrogen-bond acceptors (Lipinski definition) is 1. The van der Waals surface area contributed by atoms with E-state index in [1.165, 1.54) is 51.4 Å². The predicted octanol–water partition coefficient (Wildman–Crippen LogP) is 5.00. The Morgan fingerprint density at radius 3 is 1.75 bits per heavy atom. The third-order valence-electron chi connectivity index (χ3n) is 2.92. The third kappa shape index (κ3) is 14.0. The van der Waals surface area contributed by atoms with Crippen LogP contribution in [0.2, 0.25) is 0 Å². The number of hydrogen-bond donors (Lipinski definition) is 1. The fourth-order valence-electron chi connectivity index (χ4n) is 1.89. The van der Waals surface area contributed by atoms with Gasteiger partial charge < -0.3 is 0 Å². The van der Waals surface area contributed by atoms with Crippen LogP contribution in [0.1, 0.15) is 78.1 Å². The van der Waals surface area contributed by atoms with Crippen LogP contribution >= 0.6 is 12.6 Å². The molecule has 0 rings (SSSR count). The quantitative estimate of drug-likeness (QED) is 0.400. The van der Waals surface area contributed by atoms with Crippen molar-refractivity contribution >= 4 is 17.7 Å². The van der Waals surface area contributed by atoms with Crippen LogP contribution in [0.5, 0.6) is 0 Å². The summed E-state index contributed by atoms with van der Waals surface area (Å²) in [5.41, 5.74) is 0. The van der Waals surface area contributed by atoms with E-state index in [1.54, 1.807) is 0 Å². The van der Waals surface area contributed by atoms with Crippen LogP contribution < -0.4 is 0 Å². The minimum Gasteiger partial charge on any atom is -0.288 e. The maximum Gasteiger partial charge on any atom is 0.185 e. The molecule has 0 saturated carbocycles. The van der Waals surface area contributed by atoms with E-state index >= 15 is 0 Å². The van der Waals surface area contributed by atoms with Crippen LogP contribution in [-0.2, 0) is 4.79 Å². The lowest BCUT2D eigenvalue weighted by molar-refractivity contribution is -0.110. The lowest BCUT2D eigenvalue weighted by atomic mass is 10.0. The van der Waals surface area contributed by atoms with Crippen molar-refractivity contribution in [3.63, 3.8) is 0 Å². The summed E-state index contributed by atoms with van der Waals surface area (Å²) in [6, 6.07) is 0. The summed E-state index contributed by atoms with van der Waals surface area (Å²) in [4.78, 5) is 10.6. The van der Waals surface area contributed by atoms with Gasteiger partial charge in [-0.1, -0.05) is 65.2 Å². The summed E-state index contributed by atoms with van der Waals surface area (Å²) in [5.74, 6) is 0.860. The fourth-order valence-corrected chi connectivity index (χ4v) is 2.05. The highest BCUT2D eigenvalue weighted by Crippen LogP contribution is 2.13. The second-order valence-corrected chi connectivity index (χ2v) is 5.65. The molecular weight excluding hydrogens is 216 g/mol. The normalized spacial score (nSPS) is 11.0. The largest absolute Gasteiger partial charge is 0.288 e. The van der Waals surface area contributed by atoms with Gasteiger partial charge in [0.1, 0.15) is 0 Å². The molecule has 0 aromatic carbocycles. The van der Waals surface area contributed by atoms with E-state index in [0.29, 0.717) is 6.42 Å². The van der Waals surface area contributed by atoms with Gasteiger partial charge in [-0.25, -0.2) is 0 Å². The zero-order valence-corrected chi connectivity index (χ0v) is 11.9. The summed E-state index contributed by atoms with van der Waals surface area (Å²) >= 11 is 3.76. The smallest absolute Gasteiger partial charge is 0.185 e. The van der Waals surface area contributed by atoms with Crippen molar-refractivity contribution in [2.45, 2.75) is 78.1 Å². The molecule has 0 heterocycles. The highest BCUT2D eigenvalue weighted by molar-refractivity contribution is 7.96. The maximum atomic E-state index is 10.6. The molecule has 0 N–H and O–H groups in total. The summed E-state index contributed by atoms with van der Waals surface area (Å²) in [6.07, 6.45) is 12.4. The van der Waals surface area contributed by atoms with E-state index in [9.17, 15) is 4.79 Å². The first-order chi connectivity index (χ1) is 7.63. The van der Waals surface area contributed by atoms with Gasteiger partial charge in [-0.05, 0) is 12.3 Å². The minimum atomic E-state index is 0.0358.